The molecule has 6 rings (SSSR count). The van der Waals surface area contributed by atoms with Crippen LogP contribution in [0.15, 0.2) is 100 Å². The first-order valence-electron chi connectivity index (χ1n) is 10.5. The molecule has 0 N–H and O–H groups in total. The van der Waals surface area contributed by atoms with Crippen molar-refractivity contribution < 1.29 is 0 Å². The highest BCUT2D eigenvalue weighted by molar-refractivity contribution is 9.10. The standard InChI is InChI=1S/C26H16BrN5OS/c27-20-13-11-17(12-14-20)23-19(16-31(29-23)21-9-5-2-6-10-21)15-22-25(33)32-26(34-22)28-24(30-32)18-7-3-1-4-8-18/h1-16H. The largest absolute Gasteiger partial charge is 0.291 e. The van der Waals surface area contributed by atoms with Gasteiger partial charge in [0, 0.05) is 27.4 Å². The third-order valence-corrected chi connectivity index (χ3v) is 6.87. The summed E-state index contributed by atoms with van der Waals surface area (Å²) in [7, 11) is 0. The molecule has 0 bridgehead atoms. The number of hydrogen-bond acceptors (Lipinski definition) is 5. The van der Waals surface area contributed by atoms with E-state index in [1.54, 1.807) is 0 Å². The minimum absolute atomic E-state index is 0.191. The number of para-hydroxylation sites is 1. The van der Waals surface area contributed by atoms with Gasteiger partial charge in [0.2, 0.25) is 4.96 Å². The summed E-state index contributed by atoms with van der Waals surface area (Å²) >= 11 is 4.81. The predicted molar refractivity (Wildman–Crippen MR) is 138 cm³/mol. The molecule has 0 aliphatic carbocycles. The van der Waals surface area contributed by atoms with E-state index in [1.165, 1.54) is 15.9 Å². The Hall–Kier alpha value is -3.88. The zero-order valence-electron chi connectivity index (χ0n) is 17.7. The van der Waals surface area contributed by atoms with Crippen LogP contribution in [-0.2, 0) is 0 Å². The Morgan fingerprint density at radius 1 is 0.824 bits per heavy atom. The van der Waals surface area contributed by atoms with E-state index in [-0.39, 0.29) is 5.56 Å². The van der Waals surface area contributed by atoms with E-state index in [4.69, 9.17) is 5.10 Å². The molecule has 0 atom stereocenters. The van der Waals surface area contributed by atoms with Crippen LogP contribution < -0.4 is 10.1 Å². The Balaban J connectivity index is 1.50. The van der Waals surface area contributed by atoms with Gasteiger partial charge in [0.05, 0.1) is 15.9 Å². The number of fused-ring (bicyclic) bond motifs is 1. The van der Waals surface area contributed by atoms with Crippen molar-refractivity contribution >= 4 is 38.3 Å². The number of nitrogens with zero attached hydrogens (tertiary/aromatic N) is 5. The van der Waals surface area contributed by atoms with Gasteiger partial charge in [-0.15, -0.1) is 5.10 Å². The van der Waals surface area contributed by atoms with Crippen molar-refractivity contribution in [2.45, 2.75) is 0 Å². The van der Waals surface area contributed by atoms with Crippen molar-refractivity contribution in [1.29, 1.82) is 0 Å². The number of benzene rings is 3. The summed E-state index contributed by atoms with van der Waals surface area (Å²) in [5, 5.41) is 9.28. The molecule has 3 aromatic heterocycles. The molecule has 0 fully saturated rings. The quantitative estimate of drug-likeness (QED) is 0.325. The number of aromatic nitrogens is 5. The molecule has 164 valence electrons. The second-order valence-electron chi connectivity index (χ2n) is 7.63. The summed E-state index contributed by atoms with van der Waals surface area (Å²) in [6, 6.07) is 27.5. The molecule has 0 saturated heterocycles. The molecule has 8 heteroatoms. The molecule has 0 radical (unpaired) electrons. The van der Waals surface area contributed by atoms with E-state index in [1.807, 2.05) is 102 Å². The monoisotopic (exact) mass is 525 g/mol. The summed E-state index contributed by atoms with van der Waals surface area (Å²) in [5.74, 6) is 0.544. The first kappa shape index (κ1) is 20.7. The third-order valence-electron chi connectivity index (χ3n) is 5.38. The van der Waals surface area contributed by atoms with Gasteiger partial charge in [0.15, 0.2) is 5.82 Å². The molecule has 0 aliphatic heterocycles. The third kappa shape index (κ3) is 3.76. The zero-order chi connectivity index (χ0) is 23.1. The fraction of sp³-hybridized carbons (Fsp3) is 0. The highest BCUT2D eigenvalue weighted by atomic mass is 79.9. The molecule has 6 aromatic rings. The van der Waals surface area contributed by atoms with Gasteiger partial charge < -0.3 is 0 Å². The molecule has 0 aliphatic rings. The maximum absolute atomic E-state index is 13.2. The smallest absolute Gasteiger partial charge is 0.266 e. The summed E-state index contributed by atoms with van der Waals surface area (Å²) in [4.78, 5) is 18.3. The Morgan fingerprint density at radius 3 is 2.24 bits per heavy atom. The first-order valence-corrected chi connectivity index (χ1v) is 12.1. The van der Waals surface area contributed by atoms with Gasteiger partial charge in [-0.1, -0.05) is 87.9 Å². The van der Waals surface area contributed by atoms with Crippen LogP contribution in [-0.4, -0.2) is 24.4 Å². The van der Waals surface area contributed by atoms with Crippen LogP contribution >= 0.6 is 27.3 Å². The van der Waals surface area contributed by atoms with E-state index in [2.05, 4.69) is 26.0 Å². The Bertz CT molecular complexity index is 1720. The lowest BCUT2D eigenvalue weighted by Gasteiger charge is -2.00. The van der Waals surface area contributed by atoms with Crippen LogP contribution in [0, 0.1) is 0 Å². The lowest BCUT2D eigenvalue weighted by Crippen LogP contribution is -2.23. The molecule has 3 heterocycles. The van der Waals surface area contributed by atoms with Crippen LogP contribution in [0.1, 0.15) is 5.56 Å². The summed E-state index contributed by atoms with van der Waals surface area (Å²) in [6.07, 6.45) is 3.81. The maximum Gasteiger partial charge on any atom is 0.291 e. The minimum atomic E-state index is -0.191. The average Bonchev–Trinajstić information content (AvgIpc) is 3.56. The normalized spacial score (nSPS) is 12.0. The molecule has 0 unspecified atom stereocenters. The van der Waals surface area contributed by atoms with Crippen LogP contribution in [0.3, 0.4) is 0 Å². The Labute approximate surface area is 206 Å². The minimum Gasteiger partial charge on any atom is -0.266 e. The Morgan fingerprint density at radius 2 is 1.53 bits per heavy atom. The number of rotatable bonds is 4. The number of thiazole rings is 1. The Kier molecular flexibility index (Phi) is 5.16. The fourth-order valence-electron chi connectivity index (χ4n) is 3.72. The summed E-state index contributed by atoms with van der Waals surface area (Å²) < 4.78 is 4.75. The predicted octanol–water partition coefficient (Wildman–Crippen LogP) is 4.98. The molecule has 6 nitrogen and oxygen atoms in total. The average molecular weight is 526 g/mol. The number of halogens is 1. The van der Waals surface area contributed by atoms with E-state index in [0.29, 0.717) is 15.3 Å². The van der Waals surface area contributed by atoms with Crippen molar-refractivity contribution in [1.82, 2.24) is 24.4 Å². The van der Waals surface area contributed by atoms with Gasteiger partial charge in [-0.05, 0) is 30.3 Å². The van der Waals surface area contributed by atoms with Gasteiger partial charge in [0.1, 0.15) is 0 Å². The highest BCUT2D eigenvalue weighted by Gasteiger charge is 2.15. The van der Waals surface area contributed by atoms with Crippen molar-refractivity contribution in [2.24, 2.45) is 0 Å². The molecular formula is C26H16BrN5OS. The van der Waals surface area contributed by atoms with Gasteiger partial charge in [0.25, 0.3) is 5.56 Å². The zero-order valence-corrected chi connectivity index (χ0v) is 20.1. The van der Waals surface area contributed by atoms with Crippen molar-refractivity contribution in [3.63, 3.8) is 0 Å². The van der Waals surface area contributed by atoms with Crippen LogP contribution in [0.4, 0.5) is 0 Å². The van der Waals surface area contributed by atoms with Crippen LogP contribution in [0.2, 0.25) is 0 Å². The highest BCUT2D eigenvalue weighted by Crippen LogP contribution is 2.26. The second kappa shape index (κ2) is 8.48. The fourth-order valence-corrected chi connectivity index (χ4v) is 4.89. The maximum atomic E-state index is 13.2. The van der Waals surface area contributed by atoms with Crippen LogP contribution in [0.25, 0.3) is 39.4 Å². The summed E-state index contributed by atoms with van der Waals surface area (Å²) in [6.45, 7) is 0. The van der Waals surface area contributed by atoms with Crippen molar-refractivity contribution in [3.05, 3.63) is 116 Å². The van der Waals surface area contributed by atoms with E-state index >= 15 is 0 Å². The SMILES string of the molecule is O=c1c(=Cc2cn(-c3ccccc3)nc2-c2ccc(Br)cc2)sc2nc(-c3ccccc3)nn12. The van der Waals surface area contributed by atoms with Gasteiger partial charge in [-0.25, -0.2) is 4.68 Å². The van der Waals surface area contributed by atoms with Gasteiger partial charge in [-0.2, -0.15) is 14.6 Å². The van der Waals surface area contributed by atoms with Crippen molar-refractivity contribution in [3.8, 4) is 28.3 Å². The van der Waals surface area contributed by atoms with E-state index < -0.39 is 0 Å². The lowest BCUT2D eigenvalue weighted by atomic mass is 10.1. The molecule has 0 amide bonds. The van der Waals surface area contributed by atoms with Crippen molar-refractivity contribution in [2.75, 3.05) is 0 Å². The molecule has 0 spiro atoms. The number of hydrogen-bond donors (Lipinski definition) is 0. The summed E-state index contributed by atoms with van der Waals surface area (Å²) in [5.41, 5.74) is 4.23. The molecular weight excluding hydrogens is 510 g/mol. The lowest BCUT2D eigenvalue weighted by molar-refractivity contribution is 0.884. The molecule has 3 aromatic carbocycles. The van der Waals surface area contributed by atoms with Gasteiger partial charge in [-0.3, -0.25) is 4.79 Å². The van der Waals surface area contributed by atoms with Crippen LogP contribution in [0.5, 0.6) is 0 Å². The second-order valence-corrected chi connectivity index (χ2v) is 9.56. The first-order chi connectivity index (χ1) is 16.7. The topological polar surface area (TPSA) is 65.1 Å². The molecule has 34 heavy (non-hydrogen) atoms. The van der Waals surface area contributed by atoms with Gasteiger partial charge >= 0.3 is 0 Å². The van der Waals surface area contributed by atoms with E-state index in [0.717, 1.165) is 32.5 Å². The van der Waals surface area contributed by atoms with E-state index in [9.17, 15) is 4.79 Å². The molecule has 0 saturated carbocycles.